The highest BCUT2D eigenvalue weighted by atomic mass is 16.3. The van der Waals surface area contributed by atoms with Crippen LogP contribution in [0.2, 0.25) is 0 Å². The van der Waals surface area contributed by atoms with Gasteiger partial charge in [0.05, 0.1) is 23.2 Å². The molecule has 1 aromatic heterocycles. The van der Waals surface area contributed by atoms with Gasteiger partial charge in [0.15, 0.2) is 0 Å². The van der Waals surface area contributed by atoms with Crippen LogP contribution in [0.5, 0.6) is 0 Å². The molecule has 0 saturated heterocycles. The van der Waals surface area contributed by atoms with E-state index in [0.29, 0.717) is 0 Å². The van der Waals surface area contributed by atoms with Gasteiger partial charge in [0, 0.05) is 13.1 Å². The molecular weight excluding hydrogens is 238 g/mol. The third kappa shape index (κ3) is 3.14. The summed E-state index contributed by atoms with van der Waals surface area (Å²) in [5.41, 5.74) is 2.17. The van der Waals surface area contributed by atoms with Gasteiger partial charge in [-0.1, -0.05) is 12.1 Å². The fourth-order valence-electron chi connectivity index (χ4n) is 2.63. The fraction of sp³-hybridized carbons (Fsp3) is 0.533. The summed E-state index contributed by atoms with van der Waals surface area (Å²) in [4.78, 5) is 4.68. The van der Waals surface area contributed by atoms with Gasteiger partial charge < -0.3 is 15.0 Å². The quantitative estimate of drug-likeness (QED) is 0.869. The summed E-state index contributed by atoms with van der Waals surface area (Å²) in [6.07, 6.45) is 0.462. The van der Waals surface area contributed by atoms with E-state index in [-0.39, 0.29) is 18.2 Å². The topological polar surface area (TPSA) is 50.1 Å². The Morgan fingerprint density at radius 2 is 1.95 bits per heavy atom. The fourth-order valence-corrected chi connectivity index (χ4v) is 2.63. The zero-order valence-corrected chi connectivity index (χ0v) is 12.1. The SMILES string of the molecule is CC(O)CC(C)NC(C)c1nc2ccccc2n1C. The number of rotatable bonds is 5. The van der Waals surface area contributed by atoms with Crippen LogP contribution in [0.25, 0.3) is 11.0 Å². The number of nitrogens with zero attached hydrogens (tertiary/aromatic N) is 2. The van der Waals surface area contributed by atoms with Gasteiger partial charge in [0.2, 0.25) is 0 Å². The van der Waals surface area contributed by atoms with E-state index in [2.05, 4.69) is 34.8 Å². The molecule has 3 unspecified atom stereocenters. The highest BCUT2D eigenvalue weighted by Gasteiger charge is 2.16. The van der Waals surface area contributed by atoms with E-state index in [0.717, 1.165) is 23.3 Å². The van der Waals surface area contributed by atoms with E-state index in [1.165, 1.54) is 0 Å². The second-order valence-corrected chi connectivity index (χ2v) is 5.39. The summed E-state index contributed by atoms with van der Waals surface area (Å²) in [6.45, 7) is 6.02. The highest BCUT2D eigenvalue weighted by molar-refractivity contribution is 5.75. The first kappa shape index (κ1) is 14.0. The maximum Gasteiger partial charge on any atom is 0.126 e. The molecule has 19 heavy (non-hydrogen) atoms. The monoisotopic (exact) mass is 261 g/mol. The molecule has 4 nitrogen and oxygen atoms in total. The van der Waals surface area contributed by atoms with Crippen LogP contribution in [0.15, 0.2) is 24.3 Å². The van der Waals surface area contributed by atoms with Gasteiger partial charge in [-0.2, -0.15) is 0 Å². The molecular formula is C15H23N3O. The number of para-hydroxylation sites is 2. The van der Waals surface area contributed by atoms with Crippen LogP contribution in [0, 0.1) is 0 Å². The predicted octanol–water partition coefficient (Wildman–Crippen LogP) is 2.38. The second-order valence-electron chi connectivity index (χ2n) is 5.39. The number of hydrogen-bond acceptors (Lipinski definition) is 3. The minimum atomic E-state index is -0.282. The molecule has 0 radical (unpaired) electrons. The van der Waals surface area contributed by atoms with Crippen LogP contribution < -0.4 is 5.32 Å². The van der Waals surface area contributed by atoms with Crippen LogP contribution in [0.1, 0.15) is 39.1 Å². The minimum absolute atomic E-state index is 0.158. The lowest BCUT2D eigenvalue weighted by molar-refractivity contribution is 0.168. The molecule has 0 aliphatic heterocycles. The Morgan fingerprint density at radius 3 is 2.58 bits per heavy atom. The molecule has 0 bridgehead atoms. The largest absolute Gasteiger partial charge is 0.393 e. The number of hydrogen-bond donors (Lipinski definition) is 2. The zero-order chi connectivity index (χ0) is 14.0. The smallest absolute Gasteiger partial charge is 0.126 e. The molecule has 0 saturated carbocycles. The molecule has 0 fully saturated rings. The Kier molecular flexibility index (Phi) is 4.22. The number of aliphatic hydroxyl groups excluding tert-OH is 1. The molecule has 104 valence electrons. The van der Waals surface area contributed by atoms with Gasteiger partial charge in [0.25, 0.3) is 0 Å². The van der Waals surface area contributed by atoms with Crippen LogP contribution >= 0.6 is 0 Å². The molecule has 3 atom stereocenters. The number of benzene rings is 1. The first-order valence-electron chi connectivity index (χ1n) is 6.84. The lowest BCUT2D eigenvalue weighted by atomic mass is 10.1. The summed E-state index contributed by atoms with van der Waals surface area (Å²) in [5, 5.41) is 12.9. The van der Waals surface area contributed by atoms with E-state index < -0.39 is 0 Å². The molecule has 4 heteroatoms. The predicted molar refractivity (Wildman–Crippen MR) is 78.0 cm³/mol. The summed E-state index contributed by atoms with van der Waals surface area (Å²) in [6, 6.07) is 8.57. The van der Waals surface area contributed by atoms with Crippen molar-refractivity contribution in [2.24, 2.45) is 7.05 Å². The summed E-state index contributed by atoms with van der Waals surface area (Å²) in [7, 11) is 2.04. The standard InChI is InChI=1S/C15H23N3O/c1-10(9-11(2)19)16-12(3)15-17-13-7-5-6-8-14(13)18(15)4/h5-8,10-12,16,19H,9H2,1-4H3. The second kappa shape index (κ2) is 5.72. The van der Waals surface area contributed by atoms with E-state index in [1.807, 2.05) is 32.2 Å². The van der Waals surface area contributed by atoms with Crippen molar-refractivity contribution in [2.45, 2.75) is 45.4 Å². The molecule has 2 N–H and O–H groups in total. The first-order chi connectivity index (χ1) is 8.99. The molecule has 2 rings (SSSR count). The normalized spacial score (nSPS) is 16.5. The Balaban J connectivity index is 2.17. The highest BCUT2D eigenvalue weighted by Crippen LogP contribution is 2.19. The van der Waals surface area contributed by atoms with Crippen LogP contribution in [0.4, 0.5) is 0 Å². The van der Waals surface area contributed by atoms with Gasteiger partial charge in [-0.25, -0.2) is 4.98 Å². The van der Waals surface area contributed by atoms with E-state index in [9.17, 15) is 5.11 Å². The molecule has 2 aromatic rings. The van der Waals surface area contributed by atoms with E-state index in [1.54, 1.807) is 0 Å². The molecule has 0 amide bonds. The van der Waals surface area contributed by atoms with Crippen molar-refractivity contribution in [1.82, 2.24) is 14.9 Å². The maximum atomic E-state index is 9.41. The summed E-state index contributed by atoms with van der Waals surface area (Å²) < 4.78 is 2.13. The number of aromatic nitrogens is 2. The third-order valence-electron chi connectivity index (χ3n) is 3.44. The van der Waals surface area contributed by atoms with Crippen LogP contribution in [-0.4, -0.2) is 26.8 Å². The molecule has 1 aromatic carbocycles. The summed E-state index contributed by atoms with van der Waals surface area (Å²) in [5.74, 6) is 1.03. The number of imidazole rings is 1. The van der Waals surface area contributed by atoms with Crippen molar-refractivity contribution in [2.75, 3.05) is 0 Å². The van der Waals surface area contributed by atoms with Gasteiger partial charge in [-0.05, 0) is 39.3 Å². The maximum absolute atomic E-state index is 9.41. The lowest BCUT2D eigenvalue weighted by Gasteiger charge is -2.20. The number of aliphatic hydroxyl groups is 1. The Bertz CT molecular complexity index is 547. The van der Waals surface area contributed by atoms with Crippen LogP contribution in [-0.2, 0) is 7.05 Å². The minimum Gasteiger partial charge on any atom is -0.393 e. The summed E-state index contributed by atoms with van der Waals surface area (Å²) >= 11 is 0. The molecule has 0 aliphatic carbocycles. The number of fused-ring (bicyclic) bond motifs is 1. The Labute approximate surface area is 114 Å². The number of aryl methyl sites for hydroxylation is 1. The lowest BCUT2D eigenvalue weighted by Crippen LogP contribution is -2.32. The molecule has 0 aliphatic rings. The van der Waals surface area contributed by atoms with Crippen molar-refractivity contribution in [3.05, 3.63) is 30.1 Å². The van der Waals surface area contributed by atoms with E-state index >= 15 is 0 Å². The Morgan fingerprint density at radius 1 is 1.26 bits per heavy atom. The zero-order valence-electron chi connectivity index (χ0n) is 12.1. The average Bonchev–Trinajstić information content (AvgIpc) is 2.66. The van der Waals surface area contributed by atoms with Crippen molar-refractivity contribution in [3.8, 4) is 0 Å². The molecule has 0 spiro atoms. The third-order valence-corrected chi connectivity index (χ3v) is 3.44. The Hall–Kier alpha value is -1.39. The van der Waals surface area contributed by atoms with Crippen molar-refractivity contribution >= 4 is 11.0 Å². The van der Waals surface area contributed by atoms with Crippen molar-refractivity contribution in [3.63, 3.8) is 0 Å². The van der Waals surface area contributed by atoms with Gasteiger partial charge in [-0.15, -0.1) is 0 Å². The number of nitrogens with one attached hydrogen (secondary N) is 1. The molecule has 1 heterocycles. The van der Waals surface area contributed by atoms with E-state index in [4.69, 9.17) is 0 Å². The van der Waals surface area contributed by atoms with Gasteiger partial charge in [0.1, 0.15) is 5.82 Å². The van der Waals surface area contributed by atoms with Gasteiger partial charge in [-0.3, -0.25) is 0 Å². The van der Waals surface area contributed by atoms with Crippen molar-refractivity contribution < 1.29 is 5.11 Å². The average molecular weight is 261 g/mol. The van der Waals surface area contributed by atoms with Crippen LogP contribution in [0.3, 0.4) is 0 Å². The van der Waals surface area contributed by atoms with Gasteiger partial charge >= 0.3 is 0 Å². The first-order valence-corrected chi connectivity index (χ1v) is 6.84. The van der Waals surface area contributed by atoms with Crippen molar-refractivity contribution in [1.29, 1.82) is 0 Å².